The van der Waals surface area contributed by atoms with Gasteiger partial charge in [0.15, 0.2) is 0 Å². The van der Waals surface area contributed by atoms with E-state index >= 15 is 0 Å². The van der Waals surface area contributed by atoms with Gasteiger partial charge in [0, 0.05) is 22.8 Å². The van der Waals surface area contributed by atoms with E-state index in [-0.39, 0.29) is 6.42 Å². The molecule has 8 heteroatoms. The molecule has 1 aromatic carbocycles. The van der Waals surface area contributed by atoms with Gasteiger partial charge in [-0.15, -0.1) is 11.3 Å². The summed E-state index contributed by atoms with van der Waals surface area (Å²) < 4.78 is 11.9. The molecule has 0 fully saturated rings. The van der Waals surface area contributed by atoms with Crippen molar-refractivity contribution >= 4 is 34.1 Å². The van der Waals surface area contributed by atoms with Gasteiger partial charge >= 0.3 is 0 Å². The number of aromatic nitrogens is 1. The molecule has 3 aromatic rings. The predicted octanol–water partition coefficient (Wildman–Crippen LogP) is 3.34. The first kappa shape index (κ1) is 19.9. The molecule has 0 saturated carbocycles. The highest BCUT2D eigenvalue weighted by molar-refractivity contribution is 7.09. The van der Waals surface area contributed by atoms with Crippen molar-refractivity contribution in [2.24, 2.45) is 11.5 Å². The summed E-state index contributed by atoms with van der Waals surface area (Å²) in [6.45, 7) is 7.69. The van der Waals surface area contributed by atoms with E-state index in [2.05, 4.69) is 4.98 Å². The predicted molar refractivity (Wildman–Crippen MR) is 107 cm³/mol. The van der Waals surface area contributed by atoms with Gasteiger partial charge in [-0.2, -0.15) is 0 Å². The molecule has 0 spiro atoms. The minimum atomic E-state index is -0.704. The Kier molecular flexibility index (Phi) is 5.16. The van der Waals surface area contributed by atoms with Gasteiger partial charge in [0.05, 0.1) is 21.6 Å². The number of fused-ring (bicyclic) bond motifs is 1. The van der Waals surface area contributed by atoms with E-state index in [1.54, 1.807) is 24.6 Å². The highest BCUT2D eigenvalue weighted by Gasteiger charge is 2.33. The number of hydrogen-bond acceptors (Lipinski definition) is 6. The van der Waals surface area contributed by atoms with Crippen molar-refractivity contribution in [3.05, 3.63) is 45.1 Å². The first-order valence-corrected chi connectivity index (χ1v) is 9.66. The maximum atomic E-state index is 12.1. The van der Waals surface area contributed by atoms with Crippen molar-refractivity contribution in [1.82, 2.24) is 4.98 Å². The summed E-state index contributed by atoms with van der Waals surface area (Å²) in [4.78, 5) is 29.1. The number of carbonyl (C=O) groups excluding carboxylic acids is 2. The lowest BCUT2D eigenvalue weighted by Crippen LogP contribution is -2.27. The van der Waals surface area contributed by atoms with Crippen molar-refractivity contribution < 1.29 is 18.7 Å². The zero-order valence-electron chi connectivity index (χ0n) is 16.3. The van der Waals surface area contributed by atoms with Crippen LogP contribution in [0.3, 0.4) is 0 Å². The second-order valence-corrected chi connectivity index (χ2v) is 8.33. The van der Waals surface area contributed by atoms with Gasteiger partial charge in [-0.05, 0) is 26.0 Å². The SMILES string of the molecule is Cc1ncsc1COc1ccc2oc(C)c(C(N)=O)c2c1C(C)(C)CC(N)=O. The third kappa shape index (κ3) is 3.60. The van der Waals surface area contributed by atoms with Crippen molar-refractivity contribution in [1.29, 1.82) is 0 Å². The molecule has 2 aromatic heterocycles. The van der Waals surface area contributed by atoms with E-state index in [0.717, 1.165) is 10.6 Å². The number of benzene rings is 1. The highest BCUT2D eigenvalue weighted by Crippen LogP contribution is 2.43. The molecule has 148 valence electrons. The molecule has 28 heavy (non-hydrogen) atoms. The number of amides is 2. The fourth-order valence-electron chi connectivity index (χ4n) is 3.51. The van der Waals surface area contributed by atoms with Crippen molar-refractivity contribution in [2.45, 2.75) is 46.1 Å². The Hall–Kier alpha value is -2.87. The Labute approximate surface area is 166 Å². The summed E-state index contributed by atoms with van der Waals surface area (Å²) in [5.74, 6) is -0.0705. The lowest BCUT2D eigenvalue weighted by Gasteiger charge is -2.27. The fourth-order valence-corrected chi connectivity index (χ4v) is 4.20. The number of nitrogens with two attached hydrogens (primary N) is 2. The van der Waals surface area contributed by atoms with E-state index < -0.39 is 17.2 Å². The number of ether oxygens (including phenoxy) is 1. The number of thiazole rings is 1. The van der Waals surface area contributed by atoms with Crippen LogP contribution < -0.4 is 16.2 Å². The summed E-state index contributed by atoms with van der Waals surface area (Å²) in [6, 6.07) is 3.53. The molecule has 7 nitrogen and oxygen atoms in total. The van der Waals surface area contributed by atoms with Crippen LogP contribution in [0.25, 0.3) is 11.0 Å². The molecule has 0 saturated heterocycles. The lowest BCUT2D eigenvalue weighted by molar-refractivity contribution is -0.119. The highest BCUT2D eigenvalue weighted by atomic mass is 32.1. The van der Waals surface area contributed by atoms with E-state index in [1.165, 1.54) is 11.3 Å². The zero-order valence-corrected chi connectivity index (χ0v) is 17.1. The number of nitrogens with zero attached hydrogens (tertiary/aromatic N) is 1. The summed E-state index contributed by atoms with van der Waals surface area (Å²) in [7, 11) is 0. The Morgan fingerprint density at radius 2 is 1.96 bits per heavy atom. The molecule has 2 heterocycles. The summed E-state index contributed by atoms with van der Waals surface area (Å²) in [5, 5.41) is 0.565. The molecular formula is C20H23N3O4S. The van der Waals surface area contributed by atoms with Crippen LogP contribution in [0, 0.1) is 13.8 Å². The van der Waals surface area contributed by atoms with E-state index in [4.69, 9.17) is 20.6 Å². The molecule has 4 N–H and O–H groups in total. The second-order valence-electron chi connectivity index (χ2n) is 7.39. The van der Waals surface area contributed by atoms with Gasteiger partial charge in [-0.25, -0.2) is 4.98 Å². The molecule has 0 aliphatic carbocycles. The third-order valence-electron chi connectivity index (χ3n) is 4.74. The van der Waals surface area contributed by atoms with Crippen molar-refractivity contribution in [3.8, 4) is 5.75 Å². The maximum Gasteiger partial charge on any atom is 0.252 e. The Morgan fingerprint density at radius 1 is 1.25 bits per heavy atom. The third-order valence-corrected chi connectivity index (χ3v) is 5.65. The minimum Gasteiger partial charge on any atom is -0.488 e. The Balaban J connectivity index is 2.21. The molecule has 0 aliphatic heterocycles. The van der Waals surface area contributed by atoms with Crippen LogP contribution in [0.15, 0.2) is 22.1 Å². The molecule has 0 radical (unpaired) electrons. The van der Waals surface area contributed by atoms with E-state index in [0.29, 0.717) is 40.2 Å². The molecule has 0 bridgehead atoms. The quantitative estimate of drug-likeness (QED) is 0.629. The van der Waals surface area contributed by atoms with Crippen molar-refractivity contribution in [3.63, 3.8) is 0 Å². The molecule has 0 aliphatic rings. The number of carbonyl (C=O) groups is 2. The molecular weight excluding hydrogens is 378 g/mol. The average Bonchev–Trinajstić information content (AvgIpc) is 3.12. The summed E-state index contributed by atoms with van der Waals surface area (Å²) in [5.41, 5.74) is 14.6. The smallest absolute Gasteiger partial charge is 0.252 e. The van der Waals surface area contributed by atoms with Crippen LogP contribution in [0.5, 0.6) is 5.75 Å². The van der Waals surface area contributed by atoms with Gasteiger partial charge in [0.1, 0.15) is 23.7 Å². The largest absolute Gasteiger partial charge is 0.488 e. The number of rotatable bonds is 7. The van der Waals surface area contributed by atoms with Crippen LogP contribution in [-0.2, 0) is 16.8 Å². The van der Waals surface area contributed by atoms with E-state index in [9.17, 15) is 9.59 Å². The fraction of sp³-hybridized carbons (Fsp3) is 0.350. The average molecular weight is 401 g/mol. The van der Waals surface area contributed by atoms with Crippen LogP contribution >= 0.6 is 11.3 Å². The van der Waals surface area contributed by atoms with Crippen LogP contribution in [0.1, 0.15) is 52.5 Å². The van der Waals surface area contributed by atoms with Gasteiger partial charge in [-0.3, -0.25) is 9.59 Å². The minimum absolute atomic E-state index is 0.0739. The van der Waals surface area contributed by atoms with E-state index in [1.807, 2.05) is 20.8 Å². The van der Waals surface area contributed by atoms with Crippen LogP contribution in [-0.4, -0.2) is 16.8 Å². The number of hydrogen-bond donors (Lipinski definition) is 2. The zero-order chi connectivity index (χ0) is 20.6. The Morgan fingerprint density at radius 3 is 2.54 bits per heavy atom. The van der Waals surface area contributed by atoms with Gasteiger partial charge in [0.2, 0.25) is 5.91 Å². The second kappa shape index (κ2) is 7.27. The first-order valence-electron chi connectivity index (χ1n) is 8.78. The normalized spacial score (nSPS) is 11.7. The first-order chi connectivity index (χ1) is 13.1. The molecule has 3 rings (SSSR count). The van der Waals surface area contributed by atoms with Crippen molar-refractivity contribution in [2.75, 3.05) is 0 Å². The van der Waals surface area contributed by atoms with Crippen LogP contribution in [0.2, 0.25) is 0 Å². The monoisotopic (exact) mass is 401 g/mol. The molecule has 2 amide bonds. The number of aryl methyl sites for hydroxylation is 2. The maximum absolute atomic E-state index is 12.1. The number of furan rings is 1. The molecule has 0 unspecified atom stereocenters. The summed E-state index contributed by atoms with van der Waals surface area (Å²) >= 11 is 1.51. The molecule has 0 atom stereocenters. The lowest BCUT2D eigenvalue weighted by atomic mass is 9.78. The van der Waals surface area contributed by atoms with Gasteiger partial charge in [-0.1, -0.05) is 13.8 Å². The van der Waals surface area contributed by atoms with Gasteiger partial charge < -0.3 is 20.6 Å². The standard InChI is InChI=1S/C20H23N3O4S/c1-10-14(28-9-23-10)8-26-13-6-5-12-17(16(19(22)25)11(2)27-12)18(13)20(3,4)7-15(21)24/h5-6,9H,7-8H2,1-4H3,(H2,21,24)(H2,22,25). The summed E-state index contributed by atoms with van der Waals surface area (Å²) in [6.07, 6.45) is 0.0739. The van der Waals surface area contributed by atoms with Gasteiger partial charge in [0.25, 0.3) is 5.91 Å². The Bertz CT molecular complexity index is 1070. The van der Waals surface area contributed by atoms with Crippen LogP contribution in [0.4, 0.5) is 0 Å². The number of primary amides is 2. The topological polar surface area (TPSA) is 121 Å².